The average Bonchev–Trinajstić information content (AvgIpc) is 3.21. The fourth-order valence-corrected chi connectivity index (χ4v) is 3.75. The van der Waals surface area contributed by atoms with E-state index < -0.39 is 6.61 Å². The lowest BCUT2D eigenvalue weighted by molar-refractivity contribution is -0.118. The molecule has 3 aromatic rings. The summed E-state index contributed by atoms with van der Waals surface area (Å²) in [5.74, 6) is 1.38. The largest absolute Gasteiger partial charge is 0.493 e. The summed E-state index contributed by atoms with van der Waals surface area (Å²) in [4.78, 5) is 21.1. The molecule has 34 heavy (non-hydrogen) atoms. The maximum Gasteiger partial charge on any atom is 0.387 e. The molecule has 2 aromatic heterocycles. The van der Waals surface area contributed by atoms with Gasteiger partial charge in [0.2, 0.25) is 17.8 Å². The summed E-state index contributed by atoms with van der Waals surface area (Å²) in [6, 6.07) is 4.75. The molecule has 0 saturated heterocycles. The number of alkyl halides is 2. The molecule has 0 aliphatic carbocycles. The fourth-order valence-electron chi connectivity index (χ4n) is 2.99. The Morgan fingerprint density at radius 3 is 2.65 bits per heavy atom. The Morgan fingerprint density at radius 2 is 1.94 bits per heavy atom. The first-order chi connectivity index (χ1) is 16.4. The van der Waals surface area contributed by atoms with Gasteiger partial charge in [0.15, 0.2) is 16.7 Å². The smallest absolute Gasteiger partial charge is 0.387 e. The van der Waals surface area contributed by atoms with Gasteiger partial charge in [-0.3, -0.25) is 4.79 Å². The van der Waals surface area contributed by atoms with Crippen LogP contribution in [-0.2, 0) is 11.2 Å². The third-order valence-electron chi connectivity index (χ3n) is 4.43. The number of hydrogen-bond donors (Lipinski definition) is 3. The maximum absolute atomic E-state index is 12.6. The van der Waals surface area contributed by atoms with Gasteiger partial charge in [0.25, 0.3) is 5.78 Å². The predicted molar refractivity (Wildman–Crippen MR) is 124 cm³/mol. The third kappa shape index (κ3) is 6.56. The SMILES string of the molecule is CCNc1nc(NCC)n2c(SCC(=O)NCCc3ccc(OC)c(OC(F)F)c3)nnc2n1. The van der Waals surface area contributed by atoms with Crippen molar-refractivity contribution in [2.24, 2.45) is 0 Å². The minimum Gasteiger partial charge on any atom is -0.493 e. The molecule has 0 aliphatic heterocycles. The van der Waals surface area contributed by atoms with Crippen molar-refractivity contribution in [3.63, 3.8) is 0 Å². The zero-order chi connectivity index (χ0) is 24.5. The predicted octanol–water partition coefficient (Wildman–Crippen LogP) is 2.44. The molecular formula is C20H26F2N8O3S. The van der Waals surface area contributed by atoms with Crippen LogP contribution in [0.1, 0.15) is 19.4 Å². The van der Waals surface area contributed by atoms with E-state index in [-0.39, 0.29) is 23.2 Å². The van der Waals surface area contributed by atoms with Gasteiger partial charge in [0.05, 0.1) is 12.9 Å². The van der Waals surface area contributed by atoms with Gasteiger partial charge >= 0.3 is 6.61 Å². The molecule has 3 N–H and O–H groups in total. The van der Waals surface area contributed by atoms with Crippen LogP contribution in [0, 0.1) is 0 Å². The van der Waals surface area contributed by atoms with Gasteiger partial charge in [0.1, 0.15) is 0 Å². The number of methoxy groups -OCH3 is 1. The summed E-state index contributed by atoms with van der Waals surface area (Å²) < 4.78 is 36.3. The van der Waals surface area contributed by atoms with Gasteiger partial charge in [-0.15, -0.1) is 10.2 Å². The number of fused-ring (bicyclic) bond motifs is 1. The van der Waals surface area contributed by atoms with Crippen LogP contribution in [0.15, 0.2) is 23.4 Å². The van der Waals surface area contributed by atoms with E-state index in [1.165, 1.54) is 24.9 Å². The number of nitrogens with zero attached hydrogens (tertiary/aromatic N) is 5. The molecule has 0 spiro atoms. The second-order valence-corrected chi connectivity index (χ2v) is 7.74. The first-order valence-corrected chi connectivity index (χ1v) is 11.6. The number of rotatable bonds is 13. The molecule has 14 heteroatoms. The second-order valence-electron chi connectivity index (χ2n) is 6.80. The number of benzene rings is 1. The van der Waals surface area contributed by atoms with E-state index in [0.29, 0.717) is 48.9 Å². The van der Waals surface area contributed by atoms with E-state index in [0.717, 1.165) is 5.56 Å². The van der Waals surface area contributed by atoms with Crippen LogP contribution in [0.25, 0.3) is 5.78 Å². The highest BCUT2D eigenvalue weighted by atomic mass is 32.2. The highest BCUT2D eigenvalue weighted by Crippen LogP contribution is 2.29. The van der Waals surface area contributed by atoms with Crippen LogP contribution in [0.2, 0.25) is 0 Å². The number of aromatic nitrogens is 5. The molecule has 11 nitrogen and oxygen atoms in total. The zero-order valence-corrected chi connectivity index (χ0v) is 19.8. The van der Waals surface area contributed by atoms with Crippen LogP contribution in [0.5, 0.6) is 11.5 Å². The lowest BCUT2D eigenvalue weighted by Crippen LogP contribution is -2.27. The Kier molecular flexibility index (Phi) is 9.01. The number of amides is 1. The quantitative estimate of drug-likeness (QED) is 0.304. The number of carbonyl (C=O) groups excluding carboxylic acids is 1. The first kappa shape index (κ1) is 25.2. The number of carbonyl (C=O) groups is 1. The van der Waals surface area contributed by atoms with Gasteiger partial charge in [-0.05, 0) is 38.0 Å². The molecule has 3 rings (SSSR count). The van der Waals surface area contributed by atoms with Crippen LogP contribution in [0.4, 0.5) is 20.7 Å². The highest BCUT2D eigenvalue weighted by molar-refractivity contribution is 7.99. The standard InChI is InChI=1S/C20H26F2N8O3S/c1-4-23-17-26-18(24-5-2)30-19(27-17)28-29-20(30)34-11-15(31)25-9-8-12-6-7-13(32-3)14(10-12)33-16(21)22/h6-7,10,16H,4-5,8-9,11H2,1-3H3,(H,25,31)(H2,23,24,26,27,28). The number of halogens is 2. The number of thioether (sulfide) groups is 1. The molecule has 0 fully saturated rings. The number of nitrogens with one attached hydrogen (secondary N) is 3. The van der Waals surface area contributed by atoms with Crippen molar-refractivity contribution >= 4 is 35.3 Å². The summed E-state index contributed by atoms with van der Waals surface area (Å²) in [5.41, 5.74) is 0.719. The summed E-state index contributed by atoms with van der Waals surface area (Å²) in [6.45, 7) is 2.54. The van der Waals surface area contributed by atoms with Crippen molar-refractivity contribution in [3.05, 3.63) is 23.8 Å². The van der Waals surface area contributed by atoms with Gasteiger partial charge in [-0.1, -0.05) is 17.8 Å². The van der Waals surface area contributed by atoms with Crippen molar-refractivity contribution in [1.29, 1.82) is 0 Å². The van der Waals surface area contributed by atoms with Gasteiger partial charge < -0.3 is 25.4 Å². The Hall–Kier alpha value is -3.42. The number of ether oxygens (including phenoxy) is 2. The van der Waals surface area contributed by atoms with E-state index >= 15 is 0 Å². The van der Waals surface area contributed by atoms with Crippen LogP contribution >= 0.6 is 11.8 Å². The fraction of sp³-hybridized carbons (Fsp3) is 0.450. The van der Waals surface area contributed by atoms with E-state index in [2.05, 4.69) is 40.9 Å². The average molecular weight is 497 g/mol. The normalized spacial score (nSPS) is 11.0. The van der Waals surface area contributed by atoms with Crippen LogP contribution in [-0.4, -0.2) is 69.6 Å². The van der Waals surface area contributed by atoms with E-state index in [4.69, 9.17) is 4.74 Å². The number of hydrogen-bond acceptors (Lipinski definition) is 10. The minimum atomic E-state index is -2.96. The van der Waals surface area contributed by atoms with E-state index in [9.17, 15) is 13.6 Å². The Bertz CT molecular complexity index is 1110. The molecule has 2 heterocycles. The Balaban J connectivity index is 1.57. The topological polar surface area (TPSA) is 128 Å². The molecule has 0 atom stereocenters. The van der Waals surface area contributed by atoms with Crippen molar-refractivity contribution in [3.8, 4) is 11.5 Å². The summed E-state index contributed by atoms with van der Waals surface area (Å²) in [5, 5.41) is 17.7. The molecule has 0 bridgehead atoms. The Morgan fingerprint density at radius 1 is 1.15 bits per heavy atom. The Labute approximate surface area is 199 Å². The molecule has 1 aromatic carbocycles. The van der Waals surface area contributed by atoms with Crippen molar-refractivity contribution in [2.45, 2.75) is 32.0 Å². The second kappa shape index (κ2) is 12.2. The summed E-state index contributed by atoms with van der Waals surface area (Å²) in [6.07, 6.45) is 0.430. The molecule has 0 unspecified atom stereocenters. The lowest BCUT2D eigenvalue weighted by Gasteiger charge is -2.12. The van der Waals surface area contributed by atoms with Gasteiger partial charge in [-0.2, -0.15) is 18.7 Å². The van der Waals surface area contributed by atoms with E-state index in [1.54, 1.807) is 16.5 Å². The molecule has 0 aliphatic rings. The molecule has 1 amide bonds. The zero-order valence-electron chi connectivity index (χ0n) is 19.0. The minimum absolute atomic E-state index is 0.0495. The van der Waals surface area contributed by atoms with Gasteiger partial charge in [-0.25, -0.2) is 4.40 Å². The molecule has 0 radical (unpaired) electrons. The van der Waals surface area contributed by atoms with Crippen LogP contribution < -0.4 is 25.4 Å². The number of anilines is 2. The van der Waals surface area contributed by atoms with Crippen LogP contribution in [0.3, 0.4) is 0 Å². The van der Waals surface area contributed by atoms with Gasteiger partial charge in [0, 0.05) is 19.6 Å². The third-order valence-corrected chi connectivity index (χ3v) is 5.36. The van der Waals surface area contributed by atoms with E-state index in [1.807, 2.05) is 13.8 Å². The first-order valence-electron chi connectivity index (χ1n) is 10.6. The van der Waals surface area contributed by atoms with Crippen molar-refractivity contribution in [1.82, 2.24) is 29.9 Å². The summed E-state index contributed by atoms with van der Waals surface area (Å²) in [7, 11) is 1.37. The molecule has 184 valence electrons. The summed E-state index contributed by atoms with van der Waals surface area (Å²) >= 11 is 1.20. The monoisotopic (exact) mass is 496 g/mol. The molecular weight excluding hydrogens is 470 g/mol. The molecule has 0 saturated carbocycles. The highest BCUT2D eigenvalue weighted by Gasteiger charge is 2.16. The lowest BCUT2D eigenvalue weighted by atomic mass is 10.1. The van der Waals surface area contributed by atoms with Crippen molar-refractivity contribution < 1.29 is 23.0 Å². The maximum atomic E-state index is 12.6. The van der Waals surface area contributed by atoms with Crippen molar-refractivity contribution in [2.75, 3.05) is 43.1 Å².